The highest BCUT2D eigenvalue weighted by molar-refractivity contribution is 9.10. The van der Waals surface area contributed by atoms with Crippen molar-refractivity contribution in [3.05, 3.63) is 16.5 Å². The second-order valence-electron chi connectivity index (χ2n) is 4.95. The Bertz CT molecular complexity index is 355. The fraction of sp³-hybridized carbons (Fsp3) is 0.692. The third-order valence-electron chi connectivity index (χ3n) is 3.54. The lowest BCUT2D eigenvalue weighted by Gasteiger charge is -2.28. The fourth-order valence-electron chi connectivity index (χ4n) is 2.59. The zero-order chi connectivity index (χ0) is 12.3. The number of anilines is 1. The van der Waals surface area contributed by atoms with Gasteiger partial charge in [-0.05, 0) is 48.5 Å². The average Bonchev–Trinajstić information content (AvgIpc) is 2.28. The molecule has 1 fully saturated rings. The minimum Gasteiger partial charge on any atom is -0.367 e. The van der Waals surface area contributed by atoms with Crippen LogP contribution in [-0.4, -0.2) is 16.0 Å². The summed E-state index contributed by atoms with van der Waals surface area (Å²) < 4.78 is 0.850. The van der Waals surface area contributed by atoms with Crippen molar-refractivity contribution in [3.8, 4) is 0 Å². The molecule has 1 atom stereocenters. The fourth-order valence-corrected chi connectivity index (χ4v) is 3.06. The zero-order valence-corrected chi connectivity index (χ0v) is 12.1. The summed E-state index contributed by atoms with van der Waals surface area (Å²) in [5.41, 5.74) is 0. The van der Waals surface area contributed by atoms with Crippen molar-refractivity contribution in [2.24, 2.45) is 5.92 Å². The van der Waals surface area contributed by atoms with E-state index in [4.69, 9.17) is 0 Å². The summed E-state index contributed by atoms with van der Waals surface area (Å²) in [5, 5.41) is 3.51. The van der Waals surface area contributed by atoms with Gasteiger partial charge in [0.2, 0.25) is 0 Å². The molecular formula is C13H20BrN3. The second-order valence-corrected chi connectivity index (χ2v) is 5.77. The van der Waals surface area contributed by atoms with E-state index in [9.17, 15) is 0 Å². The van der Waals surface area contributed by atoms with Gasteiger partial charge in [0.05, 0.1) is 0 Å². The van der Waals surface area contributed by atoms with Gasteiger partial charge >= 0.3 is 0 Å². The summed E-state index contributed by atoms with van der Waals surface area (Å²) in [5.74, 6) is 2.53. The van der Waals surface area contributed by atoms with Crippen LogP contribution in [0.15, 0.2) is 10.7 Å². The van der Waals surface area contributed by atoms with E-state index in [1.54, 1.807) is 0 Å². The Balaban J connectivity index is 1.99. The number of hydrogen-bond acceptors (Lipinski definition) is 3. The third kappa shape index (κ3) is 3.66. The first-order chi connectivity index (χ1) is 8.15. The van der Waals surface area contributed by atoms with Crippen molar-refractivity contribution in [2.75, 3.05) is 5.32 Å². The SMILES string of the molecule is Cc1nc(Br)cc(NC(C)C2CCCCC2)n1. The van der Waals surface area contributed by atoms with E-state index in [1.165, 1.54) is 32.1 Å². The lowest BCUT2D eigenvalue weighted by molar-refractivity contribution is 0.328. The van der Waals surface area contributed by atoms with Gasteiger partial charge in [0, 0.05) is 12.1 Å². The van der Waals surface area contributed by atoms with Gasteiger partial charge in [-0.2, -0.15) is 0 Å². The van der Waals surface area contributed by atoms with Gasteiger partial charge < -0.3 is 5.32 Å². The van der Waals surface area contributed by atoms with Crippen LogP contribution in [0, 0.1) is 12.8 Å². The van der Waals surface area contributed by atoms with Crippen molar-refractivity contribution in [1.29, 1.82) is 0 Å². The molecule has 1 aromatic heterocycles. The Morgan fingerprint density at radius 2 is 2.00 bits per heavy atom. The van der Waals surface area contributed by atoms with Crippen LogP contribution in [0.1, 0.15) is 44.9 Å². The summed E-state index contributed by atoms with van der Waals surface area (Å²) in [6.45, 7) is 4.18. The number of aromatic nitrogens is 2. The molecule has 0 spiro atoms. The van der Waals surface area contributed by atoms with Crippen LogP contribution < -0.4 is 5.32 Å². The van der Waals surface area contributed by atoms with E-state index in [0.29, 0.717) is 6.04 Å². The van der Waals surface area contributed by atoms with Crippen molar-refractivity contribution in [1.82, 2.24) is 9.97 Å². The van der Waals surface area contributed by atoms with Crippen LogP contribution in [-0.2, 0) is 0 Å². The Hall–Kier alpha value is -0.640. The molecule has 1 aromatic rings. The topological polar surface area (TPSA) is 37.8 Å². The van der Waals surface area contributed by atoms with Gasteiger partial charge in [-0.3, -0.25) is 0 Å². The smallest absolute Gasteiger partial charge is 0.131 e. The molecule has 3 nitrogen and oxygen atoms in total. The number of nitrogens with one attached hydrogen (secondary N) is 1. The predicted molar refractivity (Wildman–Crippen MR) is 74.1 cm³/mol. The van der Waals surface area contributed by atoms with Crippen LogP contribution in [0.2, 0.25) is 0 Å². The second kappa shape index (κ2) is 5.80. The maximum atomic E-state index is 4.42. The van der Waals surface area contributed by atoms with Crippen LogP contribution in [0.3, 0.4) is 0 Å². The van der Waals surface area contributed by atoms with Gasteiger partial charge in [0.1, 0.15) is 16.2 Å². The third-order valence-corrected chi connectivity index (χ3v) is 3.95. The number of halogens is 1. The highest BCUT2D eigenvalue weighted by Crippen LogP contribution is 2.28. The molecule has 1 heterocycles. The molecule has 1 N–H and O–H groups in total. The van der Waals surface area contributed by atoms with Gasteiger partial charge in [0.25, 0.3) is 0 Å². The Morgan fingerprint density at radius 3 is 2.65 bits per heavy atom. The molecule has 0 aromatic carbocycles. The van der Waals surface area contributed by atoms with Gasteiger partial charge in [-0.15, -0.1) is 0 Å². The van der Waals surface area contributed by atoms with E-state index < -0.39 is 0 Å². The van der Waals surface area contributed by atoms with E-state index in [-0.39, 0.29) is 0 Å². The van der Waals surface area contributed by atoms with Crippen molar-refractivity contribution >= 4 is 21.7 Å². The minimum absolute atomic E-state index is 0.497. The number of hydrogen-bond donors (Lipinski definition) is 1. The first-order valence-electron chi connectivity index (χ1n) is 6.43. The normalized spacial score (nSPS) is 19.0. The van der Waals surface area contributed by atoms with Gasteiger partial charge in [-0.1, -0.05) is 19.3 Å². The molecule has 17 heavy (non-hydrogen) atoms. The maximum absolute atomic E-state index is 4.42. The monoisotopic (exact) mass is 297 g/mol. The summed E-state index contributed by atoms with van der Waals surface area (Å²) >= 11 is 3.41. The summed E-state index contributed by atoms with van der Waals surface area (Å²) in [6.07, 6.45) is 6.85. The van der Waals surface area contributed by atoms with Gasteiger partial charge in [-0.25, -0.2) is 9.97 Å². The molecule has 0 aliphatic heterocycles. The quantitative estimate of drug-likeness (QED) is 0.859. The van der Waals surface area contributed by atoms with Crippen molar-refractivity contribution in [3.63, 3.8) is 0 Å². The molecular weight excluding hydrogens is 278 g/mol. The van der Waals surface area contributed by atoms with Crippen LogP contribution in [0.5, 0.6) is 0 Å². The molecule has 0 radical (unpaired) electrons. The van der Waals surface area contributed by atoms with E-state index >= 15 is 0 Å². The van der Waals surface area contributed by atoms with Crippen LogP contribution in [0.25, 0.3) is 0 Å². The number of nitrogens with zero attached hydrogens (tertiary/aromatic N) is 2. The lowest BCUT2D eigenvalue weighted by Crippen LogP contribution is -2.28. The molecule has 0 bridgehead atoms. The molecule has 94 valence electrons. The molecule has 1 saturated carbocycles. The number of rotatable bonds is 3. The summed E-state index contributed by atoms with van der Waals surface area (Å²) in [7, 11) is 0. The van der Waals surface area contributed by atoms with Crippen LogP contribution >= 0.6 is 15.9 Å². The predicted octanol–water partition coefficient (Wildman–Crippen LogP) is 3.93. The van der Waals surface area contributed by atoms with Crippen LogP contribution in [0.4, 0.5) is 5.82 Å². The van der Waals surface area contributed by atoms with E-state index in [2.05, 4.69) is 38.1 Å². The first kappa shape index (κ1) is 12.8. The molecule has 0 amide bonds. The number of aryl methyl sites for hydroxylation is 1. The highest BCUT2D eigenvalue weighted by atomic mass is 79.9. The molecule has 1 aliphatic rings. The Labute approximate surface area is 112 Å². The Kier molecular flexibility index (Phi) is 4.37. The summed E-state index contributed by atoms with van der Waals surface area (Å²) in [4.78, 5) is 8.64. The molecule has 1 unspecified atom stereocenters. The highest BCUT2D eigenvalue weighted by Gasteiger charge is 2.20. The van der Waals surface area contributed by atoms with Crippen molar-refractivity contribution in [2.45, 2.75) is 52.0 Å². The van der Waals surface area contributed by atoms with Gasteiger partial charge in [0.15, 0.2) is 0 Å². The zero-order valence-electron chi connectivity index (χ0n) is 10.5. The average molecular weight is 298 g/mol. The lowest BCUT2D eigenvalue weighted by atomic mass is 9.84. The molecule has 0 saturated heterocycles. The molecule has 1 aliphatic carbocycles. The Morgan fingerprint density at radius 1 is 1.29 bits per heavy atom. The summed E-state index contributed by atoms with van der Waals surface area (Å²) in [6, 6.07) is 2.45. The van der Waals surface area contributed by atoms with E-state index in [1.807, 2.05) is 13.0 Å². The molecule has 2 rings (SSSR count). The molecule has 4 heteroatoms. The minimum atomic E-state index is 0.497. The largest absolute Gasteiger partial charge is 0.367 e. The standard InChI is InChI=1S/C13H20BrN3/c1-9(11-6-4-3-5-7-11)15-13-8-12(14)16-10(2)17-13/h8-9,11H,3-7H2,1-2H3,(H,15,16,17). The van der Waals surface area contributed by atoms with Crippen molar-refractivity contribution < 1.29 is 0 Å². The first-order valence-corrected chi connectivity index (χ1v) is 7.22. The van der Waals surface area contributed by atoms with E-state index in [0.717, 1.165) is 22.2 Å². The maximum Gasteiger partial charge on any atom is 0.131 e.